The molecule has 1 heterocycles. The van der Waals surface area contributed by atoms with E-state index in [1.54, 1.807) is 31.2 Å². The Morgan fingerprint density at radius 1 is 1.05 bits per heavy atom. The van der Waals surface area contributed by atoms with E-state index in [4.69, 9.17) is 32.7 Å². The van der Waals surface area contributed by atoms with E-state index in [1.807, 2.05) is 35.8 Å². The third-order valence-corrected chi connectivity index (χ3v) is 7.19. The molecular weight excluding hydrogens is 554 g/mol. The number of aryl methyl sites for hydroxylation is 1. The van der Waals surface area contributed by atoms with E-state index in [2.05, 4.69) is 10.2 Å². The van der Waals surface area contributed by atoms with Gasteiger partial charge in [-0.2, -0.15) is 0 Å². The average molecular weight is 577 g/mol. The first-order chi connectivity index (χ1) is 18.2. The van der Waals surface area contributed by atoms with Gasteiger partial charge in [0.15, 0.2) is 10.9 Å². The highest BCUT2D eigenvalue weighted by atomic mass is 35.5. The molecule has 0 unspecified atom stereocenters. The predicted molar refractivity (Wildman–Crippen MR) is 145 cm³/mol. The summed E-state index contributed by atoms with van der Waals surface area (Å²) in [6, 6.07) is 16.5. The molecule has 0 bridgehead atoms. The van der Waals surface area contributed by atoms with Crippen molar-refractivity contribution < 1.29 is 18.8 Å². The van der Waals surface area contributed by atoms with Crippen molar-refractivity contribution in [1.82, 2.24) is 14.8 Å². The van der Waals surface area contributed by atoms with Crippen molar-refractivity contribution in [2.24, 2.45) is 0 Å². The highest BCUT2D eigenvalue weighted by Crippen LogP contribution is 2.42. The fraction of sp³-hybridized carbons (Fsp3) is 0.231. The molecule has 4 aromatic rings. The van der Waals surface area contributed by atoms with Crippen LogP contribution in [0.1, 0.15) is 29.1 Å². The second-order valence-corrected chi connectivity index (χ2v) is 10.1. The lowest BCUT2D eigenvalue weighted by Gasteiger charge is -2.17. The molecular formula is C26H23Cl2FN4O4S. The Kier molecular flexibility index (Phi) is 9.09. The van der Waals surface area contributed by atoms with Crippen LogP contribution in [0, 0.1) is 22.9 Å². The van der Waals surface area contributed by atoms with Crippen molar-refractivity contribution in [3.05, 3.63) is 104 Å². The van der Waals surface area contributed by atoms with Crippen LogP contribution < -0.4 is 9.47 Å². The first kappa shape index (κ1) is 27.7. The quantitative estimate of drug-likeness (QED) is 0.107. The summed E-state index contributed by atoms with van der Waals surface area (Å²) in [6.07, 6.45) is 0. The molecule has 198 valence electrons. The van der Waals surface area contributed by atoms with E-state index in [9.17, 15) is 14.5 Å². The lowest BCUT2D eigenvalue weighted by atomic mass is 10.1. The maximum atomic E-state index is 13.2. The summed E-state index contributed by atoms with van der Waals surface area (Å²) < 4.78 is 26.3. The van der Waals surface area contributed by atoms with Crippen LogP contribution in [0.3, 0.4) is 0 Å². The van der Waals surface area contributed by atoms with E-state index in [1.165, 1.54) is 23.9 Å². The maximum Gasteiger partial charge on any atom is 0.220 e. The molecule has 1 aromatic heterocycles. The Hall–Kier alpha value is -3.34. The number of aromatic nitrogens is 3. The summed E-state index contributed by atoms with van der Waals surface area (Å²) in [4.78, 5) is 11.2. The number of thioether (sulfide) groups is 1. The van der Waals surface area contributed by atoms with Crippen molar-refractivity contribution >= 4 is 35.0 Å². The standard InChI is InChI=1S/C26H23Cl2FN4O4S/c1-3-36-21-10-8-20(9-11-21)33-16(2)30-31-26(33)38-24(14-32(34)35)18-12-22(27)25(23(28)13-18)37-15-17-4-6-19(29)7-5-17/h4-13,24H,3,14-15H2,1-2H3/t24-/m0/s1. The van der Waals surface area contributed by atoms with Crippen LogP contribution in [0.4, 0.5) is 4.39 Å². The van der Waals surface area contributed by atoms with Crippen LogP contribution in [0.2, 0.25) is 10.0 Å². The summed E-state index contributed by atoms with van der Waals surface area (Å²) in [5.41, 5.74) is 2.06. The van der Waals surface area contributed by atoms with Gasteiger partial charge in [-0.15, -0.1) is 10.2 Å². The molecule has 1 atom stereocenters. The number of rotatable bonds is 11. The minimum atomic E-state index is -0.670. The molecule has 0 aliphatic heterocycles. The van der Waals surface area contributed by atoms with Gasteiger partial charge >= 0.3 is 0 Å². The van der Waals surface area contributed by atoms with E-state index in [0.717, 1.165) is 17.0 Å². The second kappa shape index (κ2) is 12.5. The molecule has 0 N–H and O–H groups in total. The molecule has 38 heavy (non-hydrogen) atoms. The monoisotopic (exact) mass is 576 g/mol. The summed E-state index contributed by atoms with van der Waals surface area (Å²) in [5.74, 6) is 1.24. The van der Waals surface area contributed by atoms with Gasteiger partial charge in [-0.1, -0.05) is 47.1 Å². The minimum absolute atomic E-state index is 0.122. The number of nitrogens with zero attached hydrogens (tertiary/aromatic N) is 4. The predicted octanol–water partition coefficient (Wildman–Crippen LogP) is 7.11. The third kappa shape index (κ3) is 6.75. The zero-order chi connectivity index (χ0) is 27.2. The van der Waals surface area contributed by atoms with E-state index < -0.39 is 16.7 Å². The number of nitro groups is 1. The van der Waals surface area contributed by atoms with E-state index in [0.29, 0.717) is 23.2 Å². The summed E-state index contributed by atoms with van der Waals surface area (Å²) in [5, 5.41) is 20.2. The zero-order valence-corrected chi connectivity index (χ0v) is 22.8. The Morgan fingerprint density at radius 3 is 2.32 bits per heavy atom. The van der Waals surface area contributed by atoms with Gasteiger partial charge in [0.05, 0.1) is 16.7 Å². The average Bonchev–Trinajstić information content (AvgIpc) is 3.24. The largest absolute Gasteiger partial charge is 0.494 e. The van der Waals surface area contributed by atoms with Gasteiger partial charge in [-0.05, 0) is 73.5 Å². The van der Waals surface area contributed by atoms with Crippen molar-refractivity contribution in [3.8, 4) is 17.2 Å². The van der Waals surface area contributed by atoms with E-state index >= 15 is 0 Å². The molecule has 0 saturated carbocycles. The van der Waals surface area contributed by atoms with Crippen LogP contribution in [0.15, 0.2) is 65.8 Å². The fourth-order valence-electron chi connectivity index (χ4n) is 3.69. The van der Waals surface area contributed by atoms with Gasteiger partial charge in [0.2, 0.25) is 6.54 Å². The van der Waals surface area contributed by atoms with Crippen LogP contribution in [-0.4, -0.2) is 32.8 Å². The maximum absolute atomic E-state index is 13.2. The lowest BCUT2D eigenvalue weighted by molar-refractivity contribution is -0.479. The number of hydrogen-bond donors (Lipinski definition) is 0. The molecule has 0 saturated heterocycles. The van der Waals surface area contributed by atoms with Crippen molar-refractivity contribution in [1.29, 1.82) is 0 Å². The highest BCUT2D eigenvalue weighted by molar-refractivity contribution is 7.99. The van der Waals surface area contributed by atoms with Gasteiger partial charge < -0.3 is 9.47 Å². The van der Waals surface area contributed by atoms with Crippen LogP contribution in [0.5, 0.6) is 11.5 Å². The molecule has 0 amide bonds. The van der Waals surface area contributed by atoms with Gasteiger partial charge in [-0.25, -0.2) is 4.39 Å². The first-order valence-corrected chi connectivity index (χ1v) is 13.2. The molecule has 0 aliphatic rings. The van der Waals surface area contributed by atoms with Gasteiger partial charge in [-0.3, -0.25) is 14.7 Å². The summed E-state index contributed by atoms with van der Waals surface area (Å²) in [6.45, 7) is 3.98. The Morgan fingerprint density at radius 2 is 1.71 bits per heavy atom. The van der Waals surface area contributed by atoms with Crippen LogP contribution >= 0.6 is 35.0 Å². The zero-order valence-electron chi connectivity index (χ0n) is 20.4. The third-order valence-electron chi connectivity index (χ3n) is 5.45. The molecule has 0 spiro atoms. The molecule has 0 fully saturated rings. The van der Waals surface area contributed by atoms with E-state index in [-0.39, 0.29) is 28.2 Å². The summed E-state index contributed by atoms with van der Waals surface area (Å²) in [7, 11) is 0. The van der Waals surface area contributed by atoms with Crippen molar-refractivity contribution in [2.45, 2.75) is 30.9 Å². The van der Waals surface area contributed by atoms with Crippen molar-refractivity contribution in [3.63, 3.8) is 0 Å². The second-order valence-electron chi connectivity index (χ2n) is 8.14. The first-order valence-electron chi connectivity index (χ1n) is 11.5. The highest BCUT2D eigenvalue weighted by Gasteiger charge is 2.26. The number of halogens is 3. The lowest BCUT2D eigenvalue weighted by Crippen LogP contribution is -2.11. The molecule has 4 rings (SSSR count). The topological polar surface area (TPSA) is 92.3 Å². The van der Waals surface area contributed by atoms with Gasteiger partial charge in [0.25, 0.3) is 0 Å². The molecule has 8 nitrogen and oxygen atoms in total. The minimum Gasteiger partial charge on any atom is -0.494 e. The Labute approximate surface area is 232 Å². The Balaban J connectivity index is 1.59. The molecule has 3 aromatic carbocycles. The molecule has 0 aliphatic carbocycles. The fourth-order valence-corrected chi connectivity index (χ4v) is 5.45. The molecule has 12 heteroatoms. The van der Waals surface area contributed by atoms with Crippen LogP contribution in [0.25, 0.3) is 5.69 Å². The molecule has 0 radical (unpaired) electrons. The SMILES string of the molecule is CCOc1ccc(-n2c(C)nnc2S[C@@H](C[N+](=O)[O-])c2cc(Cl)c(OCc3ccc(F)cc3)c(Cl)c2)cc1. The number of ether oxygens (including phenoxy) is 2. The van der Waals surface area contributed by atoms with Crippen LogP contribution in [-0.2, 0) is 6.61 Å². The smallest absolute Gasteiger partial charge is 0.220 e. The van der Waals surface area contributed by atoms with Crippen molar-refractivity contribution in [2.75, 3.05) is 13.2 Å². The summed E-state index contributed by atoms with van der Waals surface area (Å²) >= 11 is 14.2. The number of benzene rings is 3. The number of hydrogen-bond acceptors (Lipinski definition) is 7. The normalized spacial score (nSPS) is 11.8. The van der Waals surface area contributed by atoms with Gasteiger partial charge in [0.1, 0.15) is 29.2 Å². The van der Waals surface area contributed by atoms with Gasteiger partial charge in [0, 0.05) is 10.6 Å². The Bertz CT molecular complexity index is 1400.